The maximum atomic E-state index is 13.5. The topological polar surface area (TPSA) is 71.5 Å². The number of benzene rings is 1. The molecular formula is C18H26FNO4S2. The number of halogens is 1. The lowest BCUT2D eigenvalue weighted by Crippen LogP contribution is -2.51. The van der Waals surface area contributed by atoms with E-state index in [2.05, 4.69) is 13.8 Å². The van der Waals surface area contributed by atoms with Gasteiger partial charge in [0.25, 0.3) is 0 Å². The largest absolute Gasteiger partial charge is 0.297 e. The molecule has 2 aliphatic heterocycles. The van der Waals surface area contributed by atoms with Crippen LogP contribution < -0.4 is 0 Å². The highest BCUT2D eigenvalue weighted by molar-refractivity contribution is 7.96. The average molecular weight is 404 g/mol. The van der Waals surface area contributed by atoms with E-state index in [1.165, 1.54) is 19.1 Å². The fraction of sp³-hybridized carbons (Fsp3) is 0.667. The summed E-state index contributed by atoms with van der Waals surface area (Å²) in [7, 11) is -7.30. The highest BCUT2D eigenvalue weighted by atomic mass is 32.2. The van der Waals surface area contributed by atoms with Crippen LogP contribution in [0.1, 0.15) is 25.8 Å². The van der Waals surface area contributed by atoms with Crippen LogP contribution in [0.3, 0.4) is 0 Å². The lowest BCUT2D eigenvalue weighted by Gasteiger charge is -2.40. The summed E-state index contributed by atoms with van der Waals surface area (Å²) in [5, 5.41) is -1.00. The van der Waals surface area contributed by atoms with Gasteiger partial charge < -0.3 is 0 Å². The third-order valence-electron chi connectivity index (χ3n) is 5.49. The summed E-state index contributed by atoms with van der Waals surface area (Å²) in [5.41, 5.74) is 0.240. The second-order valence-corrected chi connectivity index (χ2v) is 12.4. The number of sulfone groups is 2. The molecule has 8 heteroatoms. The van der Waals surface area contributed by atoms with E-state index in [-0.39, 0.29) is 22.0 Å². The molecule has 2 fully saturated rings. The van der Waals surface area contributed by atoms with Crippen molar-refractivity contribution in [2.24, 2.45) is 11.8 Å². The number of hydrogen-bond donors (Lipinski definition) is 0. The normalized spacial score (nSPS) is 32.6. The third kappa shape index (κ3) is 3.82. The summed E-state index contributed by atoms with van der Waals surface area (Å²) in [6, 6.07) is 3.13. The van der Waals surface area contributed by atoms with Crippen LogP contribution in [-0.4, -0.2) is 57.6 Å². The van der Waals surface area contributed by atoms with E-state index in [0.29, 0.717) is 24.9 Å². The number of likely N-dealkylation sites (tertiary alicyclic amines) is 1. The summed E-state index contributed by atoms with van der Waals surface area (Å²) in [6.07, 6.45) is 1.06. The number of piperidine rings is 1. The van der Waals surface area contributed by atoms with Crippen LogP contribution in [0.5, 0.6) is 0 Å². The van der Waals surface area contributed by atoms with Crippen molar-refractivity contribution >= 4 is 19.7 Å². The van der Waals surface area contributed by atoms with Gasteiger partial charge in [0.1, 0.15) is 5.82 Å². The van der Waals surface area contributed by atoms with Gasteiger partial charge in [0.2, 0.25) is 0 Å². The molecule has 0 aromatic heterocycles. The Morgan fingerprint density at radius 1 is 1.12 bits per heavy atom. The maximum absolute atomic E-state index is 13.5. The molecule has 4 atom stereocenters. The standard InChI is InChI=1S/C18H26FNO4S2/c1-12-6-13(2)9-20(8-12)17-10-25(21,22)11-18(17)26(23,24)15-4-5-16(19)14(3)7-15/h4-5,7,12-13,17-18H,6,8-11H2,1-3H3. The lowest BCUT2D eigenvalue weighted by atomic mass is 9.91. The molecule has 0 spiro atoms. The monoisotopic (exact) mass is 403 g/mol. The van der Waals surface area contributed by atoms with Crippen LogP contribution in [0.15, 0.2) is 23.1 Å². The van der Waals surface area contributed by atoms with Crippen molar-refractivity contribution < 1.29 is 21.2 Å². The van der Waals surface area contributed by atoms with Gasteiger partial charge >= 0.3 is 0 Å². The SMILES string of the molecule is Cc1cc(S(=O)(=O)C2CS(=O)(=O)CC2N2CC(C)CC(C)C2)ccc1F. The molecule has 2 saturated heterocycles. The molecule has 3 rings (SSSR count). The molecule has 0 N–H and O–H groups in total. The molecule has 0 radical (unpaired) electrons. The van der Waals surface area contributed by atoms with E-state index in [1.807, 2.05) is 4.90 Å². The molecule has 5 nitrogen and oxygen atoms in total. The molecule has 0 amide bonds. The van der Waals surface area contributed by atoms with E-state index in [0.717, 1.165) is 12.5 Å². The van der Waals surface area contributed by atoms with Gasteiger partial charge in [-0.05, 0) is 48.9 Å². The Labute approximate surface area is 155 Å². The molecule has 2 aliphatic rings. The number of rotatable bonds is 3. The van der Waals surface area contributed by atoms with Gasteiger partial charge in [-0.1, -0.05) is 13.8 Å². The highest BCUT2D eigenvalue weighted by Gasteiger charge is 2.49. The molecule has 0 aliphatic carbocycles. The zero-order chi connectivity index (χ0) is 19.3. The van der Waals surface area contributed by atoms with Gasteiger partial charge in [-0.15, -0.1) is 0 Å². The Hall–Kier alpha value is -0.990. The zero-order valence-corrected chi connectivity index (χ0v) is 17.0. The van der Waals surface area contributed by atoms with Gasteiger partial charge in [-0.2, -0.15) is 0 Å². The van der Waals surface area contributed by atoms with E-state index in [4.69, 9.17) is 0 Å². The Kier molecular flexibility index (Phi) is 5.22. The Morgan fingerprint density at radius 3 is 2.31 bits per heavy atom. The van der Waals surface area contributed by atoms with Gasteiger partial charge in [-0.25, -0.2) is 21.2 Å². The minimum absolute atomic E-state index is 0.00149. The average Bonchev–Trinajstić information content (AvgIpc) is 2.85. The van der Waals surface area contributed by atoms with Crippen LogP contribution in [-0.2, 0) is 19.7 Å². The quantitative estimate of drug-likeness (QED) is 0.723. The number of aryl methyl sites for hydroxylation is 1. The maximum Gasteiger partial charge on any atom is 0.183 e. The van der Waals surface area contributed by atoms with E-state index < -0.39 is 36.8 Å². The highest BCUT2D eigenvalue weighted by Crippen LogP contribution is 2.33. The number of nitrogens with zero attached hydrogens (tertiary/aromatic N) is 1. The van der Waals surface area contributed by atoms with Crippen LogP contribution in [0.25, 0.3) is 0 Å². The lowest BCUT2D eigenvalue weighted by molar-refractivity contribution is 0.107. The van der Waals surface area contributed by atoms with Gasteiger partial charge in [0, 0.05) is 19.1 Å². The Morgan fingerprint density at radius 2 is 1.73 bits per heavy atom. The van der Waals surface area contributed by atoms with Gasteiger partial charge in [0.05, 0.1) is 21.7 Å². The molecular weight excluding hydrogens is 377 g/mol. The van der Waals surface area contributed by atoms with Crippen LogP contribution >= 0.6 is 0 Å². The van der Waals surface area contributed by atoms with Crippen LogP contribution in [0, 0.1) is 24.6 Å². The van der Waals surface area contributed by atoms with Crippen molar-refractivity contribution in [3.05, 3.63) is 29.6 Å². The van der Waals surface area contributed by atoms with Crippen molar-refractivity contribution in [2.45, 2.75) is 43.4 Å². The first kappa shape index (κ1) is 19.8. The van der Waals surface area contributed by atoms with E-state index in [1.54, 1.807) is 0 Å². The third-order valence-corrected chi connectivity index (χ3v) is 9.61. The van der Waals surface area contributed by atoms with E-state index >= 15 is 0 Å². The van der Waals surface area contributed by atoms with Crippen molar-refractivity contribution in [1.29, 1.82) is 0 Å². The predicted octanol–water partition coefficient (Wildman–Crippen LogP) is 2.05. The Bertz CT molecular complexity index is 888. The second kappa shape index (κ2) is 6.87. The van der Waals surface area contributed by atoms with Crippen LogP contribution in [0.2, 0.25) is 0 Å². The van der Waals surface area contributed by atoms with Crippen molar-refractivity contribution in [1.82, 2.24) is 4.90 Å². The minimum Gasteiger partial charge on any atom is -0.297 e. The predicted molar refractivity (Wildman–Crippen MR) is 99.1 cm³/mol. The molecule has 2 heterocycles. The first-order chi connectivity index (χ1) is 12.0. The fourth-order valence-corrected chi connectivity index (χ4v) is 9.30. The van der Waals surface area contributed by atoms with Gasteiger partial charge in [-0.3, -0.25) is 4.90 Å². The molecule has 1 aromatic rings. The molecule has 26 heavy (non-hydrogen) atoms. The first-order valence-electron chi connectivity index (χ1n) is 8.94. The van der Waals surface area contributed by atoms with Crippen molar-refractivity contribution in [3.63, 3.8) is 0 Å². The molecule has 0 bridgehead atoms. The van der Waals surface area contributed by atoms with Crippen molar-refractivity contribution in [3.8, 4) is 0 Å². The van der Waals surface area contributed by atoms with Crippen LogP contribution in [0.4, 0.5) is 4.39 Å². The van der Waals surface area contributed by atoms with E-state index in [9.17, 15) is 21.2 Å². The summed E-state index contributed by atoms with van der Waals surface area (Å²) >= 11 is 0. The minimum atomic E-state index is -3.87. The first-order valence-corrected chi connectivity index (χ1v) is 12.3. The molecule has 0 saturated carbocycles. The smallest absolute Gasteiger partial charge is 0.183 e. The summed E-state index contributed by atoms with van der Waals surface area (Å²) in [4.78, 5) is 2.05. The second-order valence-electron chi connectivity index (χ2n) is 8.04. The van der Waals surface area contributed by atoms with Gasteiger partial charge in [0.15, 0.2) is 19.7 Å². The summed E-state index contributed by atoms with van der Waals surface area (Å²) in [5.74, 6) is -0.165. The van der Waals surface area contributed by atoms with Crippen molar-refractivity contribution in [2.75, 3.05) is 24.6 Å². The number of hydrogen-bond acceptors (Lipinski definition) is 5. The fourth-order valence-electron chi connectivity index (χ4n) is 4.38. The summed E-state index contributed by atoms with van der Waals surface area (Å²) < 4.78 is 64.5. The molecule has 4 unspecified atom stereocenters. The molecule has 146 valence electrons. The summed E-state index contributed by atoms with van der Waals surface area (Å²) in [6.45, 7) is 7.14. The zero-order valence-electron chi connectivity index (χ0n) is 15.4. The molecule has 1 aromatic carbocycles. The Balaban J connectivity index is 1.98.